The lowest BCUT2D eigenvalue weighted by Gasteiger charge is -2.14. The monoisotopic (exact) mass is 383 g/mol. The van der Waals surface area contributed by atoms with Crippen LogP contribution in [0.4, 0.5) is 8.78 Å². The molecule has 1 saturated carbocycles. The zero-order chi connectivity index (χ0) is 20.3. The lowest BCUT2D eigenvalue weighted by Crippen LogP contribution is -2.14. The van der Waals surface area contributed by atoms with Gasteiger partial charge in [-0.2, -0.15) is 5.26 Å². The highest BCUT2D eigenvalue weighted by molar-refractivity contribution is 5.78. The number of esters is 1. The molecule has 0 N–H and O–H groups in total. The second-order valence-corrected chi connectivity index (χ2v) is 7.19. The minimum atomic E-state index is -1.22. The van der Waals surface area contributed by atoms with Crippen molar-refractivity contribution in [3.05, 3.63) is 72.3 Å². The Bertz CT molecular complexity index is 935. The molecule has 0 heterocycles. The molecule has 2 aromatic rings. The molecule has 144 valence electrons. The van der Waals surface area contributed by atoms with E-state index >= 15 is 0 Å². The molecule has 0 bridgehead atoms. The molecule has 28 heavy (non-hydrogen) atoms. The van der Waals surface area contributed by atoms with Gasteiger partial charge in [0.2, 0.25) is 6.10 Å². The highest BCUT2D eigenvalue weighted by Crippen LogP contribution is 2.59. The van der Waals surface area contributed by atoms with E-state index in [4.69, 9.17) is 9.47 Å². The fourth-order valence-corrected chi connectivity index (χ4v) is 3.30. The number of benzene rings is 2. The van der Waals surface area contributed by atoms with E-state index in [2.05, 4.69) is 0 Å². The molecule has 2 aromatic carbocycles. The number of nitriles is 1. The molecule has 4 nitrogen and oxygen atoms in total. The van der Waals surface area contributed by atoms with Crippen molar-refractivity contribution in [3.63, 3.8) is 0 Å². The van der Waals surface area contributed by atoms with E-state index in [1.165, 1.54) is 18.2 Å². The van der Waals surface area contributed by atoms with E-state index in [0.29, 0.717) is 17.6 Å². The van der Waals surface area contributed by atoms with Gasteiger partial charge in [-0.3, -0.25) is 4.79 Å². The molecule has 3 rings (SSSR count). The van der Waals surface area contributed by atoms with E-state index in [9.17, 15) is 18.8 Å². The van der Waals surface area contributed by atoms with Crippen LogP contribution in [0.25, 0.3) is 0 Å². The summed E-state index contributed by atoms with van der Waals surface area (Å²) in [7, 11) is 0. The Morgan fingerprint density at radius 3 is 2.61 bits per heavy atom. The highest BCUT2D eigenvalue weighted by atomic mass is 19.1. The molecule has 0 amide bonds. The number of rotatable bonds is 6. The Morgan fingerprint density at radius 1 is 1.25 bits per heavy atom. The number of carbonyl (C=O) groups excluding carboxylic acids is 1. The third kappa shape index (κ3) is 3.89. The van der Waals surface area contributed by atoms with E-state index in [0.717, 1.165) is 6.07 Å². The standard InChI is InChI=1S/C22H19F2NO3/c1-22(2)16(10-11-23)20(22)21(26)28-19(13-25)14-8-9-17(24)18(12-14)27-15-6-4-3-5-7-15/h3-12,16,19-20H,1-2H3/b11-10+. The van der Waals surface area contributed by atoms with Gasteiger partial charge in [0.1, 0.15) is 11.8 Å². The van der Waals surface area contributed by atoms with Crippen molar-refractivity contribution in [1.29, 1.82) is 5.26 Å². The molecular weight excluding hydrogens is 364 g/mol. The molecule has 1 aliphatic carbocycles. The van der Waals surface area contributed by atoms with Gasteiger partial charge in [-0.05, 0) is 35.6 Å². The van der Waals surface area contributed by atoms with E-state index in [1.54, 1.807) is 30.3 Å². The average Bonchev–Trinajstić information content (AvgIpc) is 3.23. The van der Waals surface area contributed by atoms with E-state index in [1.807, 2.05) is 19.9 Å². The summed E-state index contributed by atoms with van der Waals surface area (Å²) in [6.07, 6.45) is 0.503. The van der Waals surface area contributed by atoms with Crippen LogP contribution in [0.15, 0.2) is 60.9 Å². The van der Waals surface area contributed by atoms with Crippen LogP contribution >= 0.6 is 0 Å². The Morgan fingerprint density at radius 2 is 1.96 bits per heavy atom. The van der Waals surface area contributed by atoms with E-state index < -0.39 is 29.2 Å². The predicted octanol–water partition coefficient (Wildman–Crippen LogP) is 5.48. The van der Waals surface area contributed by atoms with Gasteiger partial charge in [0.05, 0.1) is 12.2 Å². The van der Waals surface area contributed by atoms with Crippen molar-refractivity contribution in [2.75, 3.05) is 0 Å². The molecule has 0 aliphatic heterocycles. The smallest absolute Gasteiger partial charge is 0.311 e. The summed E-state index contributed by atoms with van der Waals surface area (Å²) in [5.41, 5.74) is -0.149. The second-order valence-electron chi connectivity index (χ2n) is 7.19. The van der Waals surface area contributed by atoms with Crippen LogP contribution in [0.2, 0.25) is 0 Å². The van der Waals surface area contributed by atoms with Gasteiger partial charge in [0, 0.05) is 5.56 Å². The molecule has 6 heteroatoms. The molecule has 0 aromatic heterocycles. The fourth-order valence-electron chi connectivity index (χ4n) is 3.30. The number of nitrogens with zero attached hydrogens (tertiary/aromatic N) is 1. The van der Waals surface area contributed by atoms with E-state index in [-0.39, 0.29) is 11.7 Å². The Hall–Kier alpha value is -3.20. The Labute approximate surface area is 162 Å². The van der Waals surface area contributed by atoms with Crippen molar-refractivity contribution >= 4 is 5.97 Å². The number of halogens is 2. The first-order chi connectivity index (χ1) is 13.4. The SMILES string of the molecule is CC1(C)C(/C=C/F)C1C(=O)OC(C#N)c1ccc(F)c(Oc2ccccc2)c1. The number of allylic oxidation sites excluding steroid dienone is 1. The summed E-state index contributed by atoms with van der Waals surface area (Å²) in [5, 5.41) is 9.44. The quantitative estimate of drug-likeness (QED) is 0.620. The van der Waals surface area contributed by atoms with Gasteiger partial charge in [-0.25, -0.2) is 8.78 Å². The van der Waals surface area contributed by atoms with Gasteiger partial charge in [-0.15, -0.1) is 0 Å². The minimum Gasteiger partial charge on any atom is -0.454 e. The molecule has 1 aliphatic rings. The first-order valence-electron chi connectivity index (χ1n) is 8.78. The number of ether oxygens (including phenoxy) is 2. The summed E-state index contributed by atoms with van der Waals surface area (Å²) in [5.74, 6) is -1.65. The third-order valence-electron chi connectivity index (χ3n) is 5.02. The second kappa shape index (κ2) is 7.81. The molecule has 1 fully saturated rings. The number of carbonyl (C=O) groups is 1. The fraction of sp³-hybridized carbons (Fsp3) is 0.273. The van der Waals surface area contributed by atoms with Crippen molar-refractivity contribution in [1.82, 2.24) is 0 Å². The number of para-hydroxylation sites is 1. The van der Waals surface area contributed by atoms with Crippen LogP contribution in [0.1, 0.15) is 25.5 Å². The Kier molecular flexibility index (Phi) is 5.46. The molecule has 3 atom stereocenters. The van der Waals surface area contributed by atoms with Crippen molar-refractivity contribution in [2.45, 2.75) is 20.0 Å². The summed E-state index contributed by atoms with van der Waals surface area (Å²) >= 11 is 0. The van der Waals surface area contributed by atoms with Gasteiger partial charge in [0.15, 0.2) is 11.6 Å². The topological polar surface area (TPSA) is 59.3 Å². The predicted molar refractivity (Wildman–Crippen MR) is 98.4 cm³/mol. The average molecular weight is 383 g/mol. The highest BCUT2D eigenvalue weighted by Gasteiger charge is 2.61. The van der Waals surface area contributed by atoms with Crippen LogP contribution < -0.4 is 4.74 Å². The largest absolute Gasteiger partial charge is 0.454 e. The molecule has 0 saturated heterocycles. The zero-order valence-corrected chi connectivity index (χ0v) is 15.4. The van der Waals surface area contributed by atoms with Gasteiger partial charge < -0.3 is 9.47 Å². The summed E-state index contributed by atoms with van der Waals surface area (Å²) in [6.45, 7) is 3.66. The normalized spacial score (nSPS) is 21.0. The van der Waals surface area contributed by atoms with Crippen LogP contribution in [0.5, 0.6) is 11.5 Å². The van der Waals surface area contributed by atoms with Crippen LogP contribution in [-0.4, -0.2) is 5.97 Å². The summed E-state index contributed by atoms with van der Waals surface area (Å²) < 4.78 is 37.4. The van der Waals surface area contributed by atoms with Crippen molar-refractivity contribution < 1.29 is 23.0 Å². The maximum Gasteiger partial charge on any atom is 0.311 e. The van der Waals surface area contributed by atoms with Crippen molar-refractivity contribution in [3.8, 4) is 17.6 Å². The minimum absolute atomic E-state index is 0.0787. The van der Waals surface area contributed by atoms with Crippen LogP contribution in [0.3, 0.4) is 0 Å². The molecule has 3 unspecified atom stereocenters. The lowest BCUT2D eigenvalue weighted by atomic mass is 10.1. The molecule has 0 spiro atoms. The first-order valence-corrected chi connectivity index (χ1v) is 8.78. The van der Waals surface area contributed by atoms with Gasteiger partial charge >= 0.3 is 5.97 Å². The zero-order valence-electron chi connectivity index (χ0n) is 15.4. The van der Waals surface area contributed by atoms with Gasteiger partial charge in [0.25, 0.3) is 0 Å². The maximum atomic E-state index is 14.1. The van der Waals surface area contributed by atoms with Crippen LogP contribution in [0, 0.1) is 34.4 Å². The molecular formula is C22H19F2NO3. The Balaban J connectivity index is 1.77. The van der Waals surface area contributed by atoms with Crippen LogP contribution in [-0.2, 0) is 9.53 Å². The molecule has 0 radical (unpaired) electrons. The number of hydrogen-bond acceptors (Lipinski definition) is 4. The van der Waals surface area contributed by atoms with Gasteiger partial charge in [-0.1, -0.05) is 44.2 Å². The first kappa shape index (κ1) is 19.6. The third-order valence-corrected chi connectivity index (χ3v) is 5.02. The lowest BCUT2D eigenvalue weighted by molar-refractivity contribution is -0.149. The summed E-state index contributed by atoms with van der Waals surface area (Å²) in [6, 6.07) is 14.4. The van der Waals surface area contributed by atoms with Crippen molar-refractivity contribution in [2.24, 2.45) is 17.3 Å². The summed E-state index contributed by atoms with van der Waals surface area (Å²) in [4.78, 5) is 12.5. The maximum absolute atomic E-state index is 14.1. The number of hydrogen-bond donors (Lipinski definition) is 0.